The number of carboxylic acid groups (broad SMARTS) is 1. The average molecular weight is 486 g/mol. The summed E-state index contributed by atoms with van der Waals surface area (Å²) in [6.07, 6.45) is 0.318. The highest BCUT2D eigenvalue weighted by Crippen LogP contribution is 2.28. The Labute approximate surface area is 207 Å². The largest absolute Gasteiger partial charge is 0.490 e. The van der Waals surface area contributed by atoms with Crippen LogP contribution in [0.4, 0.5) is 0 Å². The number of rotatable bonds is 13. The normalized spacial score (nSPS) is 11.5. The van der Waals surface area contributed by atoms with Crippen molar-refractivity contribution in [3.63, 3.8) is 0 Å². The first kappa shape index (κ1) is 27.3. The van der Waals surface area contributed by atoms with Gasteiger partial charge in [-0.1, -0.05) is 60.7 Å². The van der Waals surface area contributed by atoms with Crippen molar-refractivity contribution < 1.29 is 24.5 Å². The lowest BCUT2D eigenvalue weighted by molar-refractivity contribution is 0.0687. The van der Waals surface area contributed by atoms with Crippen molar-refractivity contribution in [2.75, 3.05) is 32.9 Å². The number of carbonyl (C=O) groups is 1. The second kappa shape index (κ2) is 14.4. The Kier molecular flexibility index (Phi) is 11.6. The molecule has 6 nitrogen and oxygen atoms in total. The van der Waals surface area contributed by atoms with Gasteiger partial charge < -0.3 is 25.0 Å². The maximum atomic E-state index is 11.5. The van der Waals surface area contributed by atoms with Gasteiger partial charge in [-0.3, -0.25) is 0 Å². The fourth-order valence-corrected chi connectivity index (χ4v) is 3.48. The standard InChI is InChI=1S/C27H31NO5.ClH/c1-2-32-16-17-33-26-18-23(12-13-24(26)27(30)31)21-10-8-20(9-11-21)14-15-28-19-25(29)22-6-4-3-5-7-22;/h3-13,18,25,28-29H,2,14-17,19H2,1H3,(H,30,31);1H/t25-;/m0./s1. The molecule has 3 aromatic carbocycles. The van der Waals surface area contributed by atoms with E-state index in [1.165, 1.54) is 5.56 Å². The summed E-state index contributed by atoms with van der Waals surface area (Å²) < 4.78 is 10.9. The minimum absolute atomic E-state index is 0. The van der Waals surface area contributed by atoms with E-state index in [9.17, 15) is 15.0 Å². The summed E-state index contributed by atoms with van der Waals surface area (Å²) in [6.45, 7) is 4.45. The van der Waals surface area contributed by atoms with Gasteiger partial charge in [0.1, 0.15) is 17.9 Å². The highest BCUT2D eigenvalue weighted by molar-refractivity contribution is 5.92. The molecule has 0 heterocycles. The number of benzene rings is 3. The monoisotopic (exact) mass is 485 g/mol. The molecule has 0 saturated carbocycles. The van der Waals surface area contributed by atoms with Gasteiger partial charge in [-0.25, -0.2) is 4.79 Å². The van der Waals surface area contributed by atoms with Crippen LogP contribution < -0.4 is 10.1 Å². The first-order valence-corrected chi connectivity index (χ1v) is 11.2. The highest BCUT2D eigenvalue weighted by Gasteiger charge is 2.13. The molecule has 0 fully saturated rings. The molecule has 0 aliphatic rings. The van der Waals surface area contributed by atoms with Crippen LogP contribution in [-0.2, 0) is 11.2 Å². The van der Waals surface area contributed by atoms with E-state index in [-0.39, 0.29) is 18.0 Å². The Bertz CT molecular complexity index is 1010. The van der Waals surface area contributed by atoms with Gasteiger partial charge >= 0.3 is 5.97 Å². The van der Waals surface area contributed by atoms with Crippen molar-refractivity contribution in [1.29, 1.82) is 0 Å². The van der Waals surface area contributed by atoms with Gasteiger partial charge in [-0.05, 0) is 54.3 Å². The lowest BCUT2D eigenvalue weighted by atomic mass is 10.0. The molecule has 182 valence electrons. The average Bonchev–Trinajstić information content (AvgIpc) is 2.85. The van der Waals surface area contributed by atoms with E-state index in [1.54, 1.807) is 18.2 Å². The SMILES string of the molecule is CCOCCOc1cc(-c2ccc(CCNC[C@H](O)c3ccccc3)cc2)ccc1C(=O)O.Cl. The maximum Gasteiger partial charge on any atom is 0.339 e. The van der Waals surface area contributed by atoms with Gasteiger partial charge in [0.25, 0.3) is 0 Å². The molecular weight excluding hydrogens is 454 g/mol. The summed E-state index contributed by atoms with van der Waals surface area (Å²) in [5.41, 5.74) is 4.09. The Morgan fingerprint density at radius 2 is 1.68 bits per heavy atom. The smallest absolute Gasteiger partial charge is 0.339 e. The van der Waals surface area contributed by atoms with E-state index in [0.717, 1.165) is 29.7 Å². The van der Waals surface area contributed by atoms with Crippen LogP contribution >= 0.6 is 12.4 Å². The van der Waals surface area contributed by atoms with E-state index in [1.807, 2.05) is 49.4 Å². The summed E-state index contributed by atoms with van der Waals surface area (Å²) in [6, 6.07) is 22.9. The van der Waals surface area contributed by atoms with Gasteiger partial charge in [0, 0.05) is 13.2 Å². The van der Waals surface area contributed by atoms with Gasteiger partial charge in [0.05, 0.1) is 12.7 Å². The number of aromatic carboxylic acids is 1. The molecule has 34 heavy (non-hydrogen) atoms. The molecule has 1 atom stereocenters. The number of hydrogen-bond acceptors (Lipinski definition) is 5. The predicted octanol–water partition coefficient (Wildman–Crippen LogP) is 4.75. The number of nitrogens with one attached hydrogen (secondary N) is 1. The van der Waals surface area contributed by atoms with Crippen molar-refractivity contribution in [2.24, 2.45) is 0 Å². The summed E-state index contributed by atoms with van der Waals surface area (Å²) in [5.74, 6) is -0.682. The van der Waals surface area contributed by atoms with Gasteiger partial charge in [-0.15, -0.1) is 12.4 Å². The van der Waals surface area contributed by atoms with Crippen molar-refractivity contribution >= 4 is 18.4 Å². The first-order chi connectivity index (χ1) is 16.1. The van der Waals surface area contributed by atoms with Gasteiger partial charge in [0.15, 0.2) is 0 Å². The third kappa shape index (κ3) is 8.15. The molecule has 3 rings (SSSR count). The minimum atomic E-state index is -1.02. The zero-order chi connectivity index (χ0) is 23.5. The topological polar surface area (TPSA) is 88.0 Å². The second-order valence-electron chi connectivity index (χ2n) is 7.64. The van der Waals surface area contributed by atoms with Gasteiger partial charge in [0.2, 0.25) is 0 Å². The van der Waals surface area contributed by atoms with E-state index in [4.69, 9.17) is 9.47 Å². The second-order valence-corrected chi connectivity index (χ2v) is 7.64. The summed E-state index contributed by atoms with van der Waals surface area (Å²) in [4.78, 5) is 11.5. The molecule has 0 spiro atoms. The van der Waals surface area contributed by atoms with E-state index in [0.29, 0.717) is 32.1 Å². The quantitative estimate of drug-likeness (QED) is 0.303. The number of carboxylic acids is 1. The Balaban J connectivity index is 0.00000408. The molecular formula is C27H32ClNO5. The summed E-state index contributed by atoms with van der Waals surface area (Å²) in [5, 5.41) is 23.0. The van der Waals surface area contributed by atoms with Crippen molar-refractivity contribution in [2.45, 2.75) is 19.4 Å². The molecule has 0 bridgehead atoms. The summed E-state index contributed by atoms with van der Waals surface area (Å²) >= 11 is 0. The number of aliphatic hydroxyl groups excluding tert-OH is 1. The Hall–Kier alpha value is -2.90. The van der Waals surface area contributed by atoms with Gasteiger partial charge in [-0.2, -0.15) is 0 Å². The molecule has 0 unspecified atom stereocenters. The molecule has 0 aliphatic carbocycles. The molecule has 0 aromatic heterocycles. The number of halogens is 1. The van der Waals surface area contributed by atoms with Crippen LogP contribution in [-0.4, -0.2) is 49.1 Å². The molecule has 0 radical (unpaired) electrons. The van der Waals surface area contributed by atoms with Crippen LogP contribution in [0.2, 0.25) is 0 Å². The fraction of sp³-hybridized carbons (Fsp3) is 0.296. The zero-order valence-corrected chi connectivity index (χ0v) is 20.1. The molecule has 7 heteroatoms. The molecule has 3 aromatic rings. The number of ether oxygens (including phenoxy) is 2. The highest BCUT2D eigenvalue weighted by atomic mass is 35.5. The molecule has 3 N–H and O–H groups in total. The van der Waals surface area contributed by atoms with Crippen LogP contribution in [0.25, 0.3) is 11.1 Å². The Morgan fingerprint density at radius 3 is 2.35 bits per heavy atom. The van der Waals surface area contributed by atoms with Crippen LogP contribution in [0.3, 0.4) is 0 Å². The number of aliphatic hydroxyl groups is 1. The zero-order valence-electron chi connectivity index (χ0n) is 19.3. The third-order valence-corrected chi connectivity index (χ3v) is 5.30. The van der Waals surface area contributed by atoms with Crippen molar-refractivity contribution in [1.82, 2.24) is 5.32 Å². The lowest BCUT2D eigenvalue weighted by Crippen LogP contribution is -2.23. The maximum absolute atomic E-state index is 11.5. The lowest BCUT2D eigenvalue weighted by Gasteiger charge is -2.13. The Morgan fingerprint density at radius 1 is 0.971 bits per heavy atom. The molecule has 0 saturated heterocycles. The van der Waals surface area contributed by atoms with Crippen LogP contribution in [0, 0.1) is 0 Å². The van der Waals surface area contributed by atoms with Crippen LogP contribution in [0.5, 0.6) is 5.75 Å². The van der Waals surface area contributed by atoms with Crippen LogP contribution in [0.15, 0.2) is 72.8 Å². The van der Waals surface area contributed by atoms with Crippen molar-refractivity contribution in [3.8, 4) is 16.9 Å². The predicted molar refractivity (Wildman–Crippen MR) is 136 cm³/mol. The molecule has 0 amide bonds. The van der Waals surface area contributed by atoms with Crippen molar-refractivity contribution in [3.05, 3.63) is 89.5 Å². The first-order valence-electron chi connectivity index (χ1n) is 11.2. The fourth-order valence-electron chi connectivity index (χ4n) is 3.48. The van der Waals surface area contributed by atoms with E-state index in [2.05, 4.69) is 17.4 Å². The minimum Gasteiger partial charge on any atom is -0.490 e. The summed E-state index contributed by atoms with van der Waals surface area (Å²) in [7, 11) is 0. The third-order valence-electron chi connectivity index (χ3n) is 5.30. The molecule has 0 aliphatic heterocycles. The van der Waals surface area contributed by atoms with E-state index < -0.39 is 12.1 Å². The van der Waals surface area contributed by atoms with E-state index >= 15 is 0 Å². The van der Waals surface area contributed by atoms with Crippen LogP contribution in [0.1, 0.15) is 34.5 Å². The number of hydrogen-bond donors (Lipinski definition) is 3.